The molecule has 5 nitrogen and oxygen atoms in total. The number of halogens is 1. The fourth-order valence-electron chi connectivity index (χ4n) is 2.80. The van der Waals surface area contributed by atoms with Crippen molar-refractivity contribution in [3.63, 3.8) is 0 Å². The van der Waals surface area contributed by atoms with Gasteiger partial charge in [0.1, 0.15) is 5.82 Å². The largest absolute Gasteiger partial charge is 0.386 e. The highest BCUT2D eigenvalue weighted by atomic mass is 19.1. The van der Waals surface area contributed by atoms with Crippen LogP contribution in [0, 0.1) is 31.0 Å². The summed E-state index contributed by atoms with van der Waals surface area (Å²) < 4.78 is 14.1. The lowest BCUT2D eigenvalue weighted by molar-refractivity contribution is 0.633. The molecule has 0 fully saturated rings. The Balaban J connectivity index is 2.00. The molecule has 0 aliphatic heterocycles. The predicted molar refractivity (Wildman–Crippen MR) is 97.0 cm³/mol. The summed E-state index contributed by atoms with van der Waals surface area (Å²) in [6.07, 6.45) is 0. The van der Waals surface area contributed by atoms with Crippen molar-refractivity contribution in [2.24, 2.45) is 0 Å². The Hall–Kier alpha value is -3.20. The van der Waals surface area contributed by atoms with Crippen molar-refractivity contribution in [1.29, 1.82) is 5.26 Å². The number of aromatic nitrogens is 2. The van der Waals surface area contributed by atoms with Crippen molar-refractivity contribution in [2.75, 3.05) is 17.7 Å². The third kappa shape index (κ3) is 3.09. The summed E-state index contributed by atoms with van der Waals surface area (Å²) in [5.41, 5.74) is 3.67. The molecule has 0 amide bonds. The molecule has 0 aliphatic carbocycles. The van der Waals surface area contributed by atoms with E-state index in [0.29, 0.717) is 29.3 Å². The molecule has 3 aromatic rings. The van der Waals surface area contributed by atoms with E-state index in [-0.39, 0.29) is 5.82 Å². The number of nitriles is 1. The van der Waals surface area contributed by atoms with E-state index in [1.54, 1.807) is 26.1 Å². The quantitative estimate of drug-likeness (QED) is 0.756. The highest BCUT2D eigenvalue weighted by Crippen LogP contribution is 2.29. The smallest absolute Gasteiger partial charge is 0.156 e. The molecular weight excluding hydrogens is 317 g/mol. The minimum atomic E-state index is -0.324. The van der Waals surface area contributed by atoms with Gasteiger partial charge in [0.05, 0.1) is 23.0 Å². The van der Waals surface area contributed by atoms with E-state index < -0.39 is 0 Å². The van der Waals surface area contributed by atoms with Crippen LogP contribution in [0.15, 0.2) is 30.3 Å². The van der Waals surface area contributed by atoms with Crippen LogP contribution in [0.3, 0.4) is 0 Å². The highest BCUT2D eigenvalue weighted by molar-refractivity contribution is 5.95. The van der Waals surface area contributed by atoms with Crippen molar-refractivity contribution in [1.82, 2.24) is 10.2 Å². The zero-order valence-electron chi connectivity index (χ0n) is 14.3. The number of nitrogens with one attached hydrogen (secondary N) is 2. The Labute approximate surface area is 145 Å². The lowest BCUT2D eigenvalue weighted by Crippen LogP contribution is -2.06. The molecule has 0 bridgehead atoms. The molecule has 2 aromatic carbocycles. The molecule has 0 spiro atoms. The monoisotopic (exact) mass is 335 g/mol. The predicted octanol–water partition coefficient (Wildman–Crippen LogP) is 3.91. The molecule has 3 rings (SSSR count). The Morgan fingerprint density at radius 3 is 2.68 bits per heavy atom. The Bertz CT molecular complexity index is 991. The molecule has 1 heterocycles. The van der Waals surface area contributed by atoms with Crippen molar-refractivity contribution >= 4 is 22.3 Å². The summed E-state index contributed by atoms with van der Waals surface area (Å²) in [6, 6.07) is 11.0. The minimum absolute atomic E-state index is 0.324. The number of fused-ring (bicyclic) bond motifs is 1. The van der Waals surface area contributed by atoms with Gasteiger partial charge >= 0.3 is 0 Å². The first-order valence-electron chi connectivity index (χ1n) is 7.92. The summed E-state index contributed by atoms with van der Waals surface area (Å²) in [6.45, 7) is 4.22. The number of benzene rings is 2. The second kappa shape index (κ2) is 6.73. The second-order valence-corrected chi connectivity index (χ2v) is 5.82. The minimum Gasteiger partial charge on any atom is -0.386 e. The Kier molecular flexibility index (Phi) is 4.48. The average molecular weight is 335 g/mol. The first-order chi connectivity index (χ1) is 12.0. The van der Waals surface area contributed by atoms with Crippen LogP contribution in [0.2, 0.25) is 0 Å². The van der Waals surface area contributed by atoms with Gasteiger partial charge in [-0.15, -0.1) is 5.10 Å². The van der Waals surface area contributed by atoms with Gasteiger partial charge in [-0.2, -0.15) is 10.4 Å². The highest BCUT2D eigenvalue weighted by Gasteiger charge is 2.12. The number of aryl methyl sites for hydroxylation is 1. The molecule has 126 valence electrons. The third-order valence-corrected chi connectivity index (χ3v) is 4.33. The lowest BCUT2D eigenvalue weighted by atomic mass is 10.0. The molecule has 0 radical (unpaired) electrons. The van der Waals surface area contributed by atoms with E-state index in [1.165, 1.54) is 6.07 Å². The van der Waals surface area contributed by atoms with Crippen molar-refractivity contribution < 1.29 is 4.39 Å². The molecule has 25 heavy (non-hydrogen) atoms. The van der Waals surface area contributed by atoms with Gasteiger partial charge in [-0.05, 0) is 43.2 Å². The molecule has 0 saturated carbocycles. The molecule has 0 unspecified atom stereocenters. The molecule has 1 aromatic heterocycles. The zero-order chi connectivity index (χ0) is 18.0. The van der Waals surface area contributed by atoms with E-state index in [9.17, 15) is 4.39 Å². The van der Waals surface area contributed by atoms with Gasteiger partial charge in [0.25, 0.3) is 0 Å². The van der Waals surface area contributed by atoms with Gasteiger partial charge in [-0.3, -0.25) is 0 Å². The molecule has 0 atom stereocenters. The summed E-state index contributed by atoms with van der Waals surface area (Å²) in [7, 11) is 1.68. The van der Waals surface area contributed by atoms with Crippen molar-refractivity contribution in [2.45, 2.75) is 20.4 Å². The Morgan fingerprint density at radius 1 is 1.16 bits per heavy atom. The molecule has 0 saturated heterocycles. The molecule has 0 aliphatic rings. The zero-order valence-corrected chi connectivity index (χ0v) is 14.3. The summed E-state index contributed by atoms with van der Waals surface area (Å²) >= 11 is 0. The topological polar surface area (TPSA) is 73.6 Å². The molecular formula is C19H18FN5. The third-order valence-electron chi connectivity index (χ3n) is 4.33. The van der Waals surface area contributed by atoms with Crippen LogP contribution >= 0.6 is 0 Å². The molecule has 2 N–H and O–H groups in total. The maximum Gasteiger partial charge on any atom is 0.156 e. The fraction of sp³-hybridized carbons (Fsp3) is 0.211. The van der Waals surface area contributed by atoms with E-state index in [0.717, 1.165) is 21.9 Å². The second-order valence-electron chi connectivity index (χ2n) is 5.82. The lowest BCUT2D eigenvalue weighted by Gasteiger charge is -2.13. The van der Waals surface area contributed by atoms with Crippen LogP contribution < -0.4 is 10.6 Å². The number of nitrogens with zero attached hydrogens (tertiary/aromatic N) is 3. The molecule has 6 heteroatoms. The van der Waals surface area contributed by atoms with E-state index in [2.05, 4.69) is 26.9 Å². The number of anilines is 2. The van der Waals surface area contributed by atoms with Crippen LogP contribution in [-0.2, 0) is 6.54 Å². The normalized spacial score (nSPS) is 10.5. The van der Waals surface area contributed by atoms with Gasteiger partial charge in [-0.25, -0.2) is 4.39 Å². The van der Waals surface area contributed by atoms with Crippen molar-refractivity contribution in [3.05, 3.63) is 58.5 Å². The van der Waals surface area contributed by atoms with E-state index in [1.807, 2.05) is 19.1 Å². The SMILES string of the molecule is CNc1cc2c(NCc3cccc(C#N)c3C)nnc(C)c2cc1F. The number of hydrogen-bond donors (Lipinski definition) is 2. The number of hydrogen-bond acceptors (Lipinski definition) is 5. The standard InChI is InChI=1S/C19H18FN5/c1-11-13(9-21)5-4-6-14(11)10-23-19-16-8-18(22-3)17(20)7-15(16)12(2)24-25-19/h4-8,22H,10H2,1-3H3,(H,23,25). The average Bonchev–Trinajstić information content (AvgIpc) is 2.62. The maximum absolute atomic E-state index is 14.1. The van der Waals surface area contributed by atoms with Gasteiger partial charge in [0.15, 0.2) is 5.82 Å². The fourth-order valence-corrected chi connectivity index (χ4v) is 2.80. The van der Waals surface area contributed by atoms with Crippen LogP contribution in [-0.4, -0.2) is 17.2 Å². The van der Waals surface area contributed by atoms with Gasteiger partial charge in [0, 0.05) is 24.4 Å². The van der Waals surface area contributed by atoms with Crippen LogP contribution in [0.5, 0.6) is 0 Å². The van der Waals surface area contributed by atoms with Gasteiger partial charge < -0.3 is 10.6 Å². The van der Waals surface area contributed by atoms with E-state index in [4.69, 9.17) is 5.26 Å². The van der Waals surface area contributed by atoms with E-state index >= 15 is 0 Å². The van der Waals surface area contributed by atoms with Gasteiger partial charge in [0.2, 0.25) is 0 Å². The first kappa shape index (κ1) is 16.7. The summed E-state index contributed by atoms with van der Waals surface area (Å²) in [4.78, 5) is 0. The summed E-state index contributed by atoms with van der Waals surface area (Å²) in [5, 5.41) is 25.1. The van der Waals surface area contributed by atoms with Gasteiger partial charge in [-0.1, -0.05) is 12.1 Å². The maximum atomic E-state index is 14.1. The number of rotatable bonds is 4. The van der Waals surface area contributed by atoms with Crippen LogP contribution in [0.4, 0.5) is 15.9 Å². The first-order valence-corrected chi connectivity index (χ1v) is 7.92. The van der Waals surface area contributed by atoms with Crippen molar-refractivity contribution in [3.8, 4) is 6.07 Å². The van der Waals surface area contributed by atoms with Crippen LogP contribution in [0.1, 0.15) is 22.4 Å². The summed E-state index contributed by atoms with van der Waals surface area (Å²) in [5.74, 6) is 0.258. The van der Waals surface area contributed by atoms with Crippen LogP contribution in [0.25, 0.3) is 10.8 Å². The Morgan fingerprint density at radius 2 is 1.96 bits per heavy atom.